The minimum absolute atomic E-state index is 0.0418. The Labute approximate surface area is 184 Å². The third kappa shape index (κ3) is 2.28. The Balaban J connectivity index is 1.69. The van der Waals surface area contributed by atoms with Crippen LogP contribution in [-0.2, 0) is 19.7 Å². The minimum Gasteiger partial charge on any atom is -0.460 e. The molecule has 6 rings (SSSR count). The van der Waals surface area contributed by atoms with Crippen molar-refractivity contribution in [1.29, 1.82) is 0 Å². The summed E-state index contributed by atoms with van der Waals surface area (Å²) < 4.78 is 17.7. The molecule has 7 heteroatoms. The summed E-state index contributed by atoms with van der Waals surface area (Å²) in [6.45, 7) is 1.66. The van der Waals surface area contributed by atoms with E-state index >= 15 is 0 Å². The average Bonchev–Trinajstić information content (AvgIpc) is 2.96. The lowest BCUT2D eigenvalue weighted by molar-refractivity contribution is -0.164. The minimum atomic E-state index is -1.64. The Morgan fingerprint density at radius 3 is 2.56 bits per heavy atom. The molecule has 1 amide bonds. The third-order valence-electron chi connectivity index (χ3n) is 7.36. The summed E-state index contributed by atoms with van der Waals surface area (Å²) in [6.07, 6.45) is 4.98. The Kier molecular flexibility index (Phi) is 3.83. The molecule has 0 bridgehead atoms. The summed E-state index contributed by atoms with van der Waals surface area (Å²) in [5.41, 5.74) is -1.58. The quantitative estimate of drug-likeness (QED) is 0.591. The van der Waals surface area contributed by atoms with Crippen LogP contribution in [0.25, 0.3) is 0 Å². The number of amides is 1. The molecule has 4 heterocycles. The Hall–Kier alpha value is -3.35. The number of fused-ring (bicyclic) bond motifs is 5. The molecule has 4 aliphatic rings. The molecule has 1 aromatic heterocycles. The first-order valence-corrected chi connectivity index (χ1v) is 11.1. The largest absolute Gasteiger partial charge is 0.460 e. The predicted molar refractivity (Wildman–Crippen MR) is 115 cm³/mol. The summed E-state index contributed by atoms with van der Waals surface area (Å²) in [4.78, 5) is 42.3. The molecule has 0 radical (unpaired) electrons. The van der Waals surface area contributed by atoms with Crippen molar-refractivity contribution in [3.63, 3.8) is 0 Å². The first-order valence-electron chi connectivity index (χ1n) is 11.1. The van der Waals surface area contributed by atoms with Crippen LogP contribution in [0.3, 0.4) is 0 Å². The number of anilines is 1. The van der Waals surface area contributed by atoms with Crippen LogP contribution >= 0.6 is 0 Å². The van der Waals surface area contributed by atoms with Gasteiger partial charge in [-0.25, -0.2) is 9.59 Å². The lowest BCUT2D eigenvalue weighted by Gasteiger charge is -2.45. The molecule has 0 saturated heterocycles. The lowest BCUT2D eigenvalue weighted by Crippen LogP contribution is -2.53. The number of nitrogens with zero attached hydrogens (tertiary/aromatic N) is 1. The zero-order valence-corrected chi connectivity index (χ0v) is 18.0. The molecule has 1 aliphatic carbocycles. The number of hydrogen-bond donors (Lipinski definition) is 0. The zero-order valence-electron chi connectivity index (χ0n) is 18.0. The monoisotopic (exact) mass is 433 g/mol. The highest BCUT2D eigenvalue weighted by molar-refractivity contribution is 6.18. The second-order valence-corrected chi connectivity index (χ2v) is 9.23. The van der Waals surface area contributed by atoms with E-state index in [0.29, 0.717) is 29.2 Å². The number of hydrogen-bond acceptors (Lipinski definition) is 6. The number of ether oxygens (including phenoxy) is 2. The number of carbonyl (C=O) groups is 2. The molecule has 2 aromatic rings. The number of rotatable bonds is 0. The maximum Gasteiger partial charge on any atom is 0.344 e. The van der Waals surface area contributed by atoms with E-state index in [9.17, 15) is 14.4 Å². The van der Waals surface area contributed by atoms with E-state index in [1.165, 1.54) is 4.90 Å². The fourth-order valence-corrected chi connectivity index (χ4v) is 6.01. The highest BCUT2D eigenvalue weighted by Crippen LogP contribution is 2.57. The molecular formula is C25H23NO6. The van der Waals surface area contributed by atoms with Crippen LogP contribution in [0.1, 0.15) is 55.4 Å². The number of likely N-dealkylation sites (N-methyl/N-ethyl adjacent to an activating group) is 1. The van der Waals surface area contributed by atoms with Gasteiger partial charge < -0.3 is 18.8 Å². The average molecular weight is 433 g/mol. The van der Waals surface area contributed by atoms with E-state index in [-0.39, 0.29) is 22.8 Å². The van der Waals surface area contributed by atoms with E-state index in [4.69, 9.17) is 13.9 Å². The van der Waals surface area contributed by atoms with Crippen molar-refractivity contribution < 1.29 is 23.5 Å². The molecule has 2 spiro atoms. The van der Waals surface area contributed by atoms with Gasteiger partial charge in [0.2, 0.25) is 5.91 Å². The Bertz CT molecular complexity index is 1280. The van der Waals surface area contributed by atoms with Crippen LogP contribution in [0.4, 0.5) is 5.69 Å². The smallest absolute Gasteiger partial charge is 0.344 e. The van der Waals surface area contributed by atoms with Crippen molar-refractivity contribution in [1.82, 2.24) is 0 Å². The van der Waals surface area contributed by atoms with Crippen LogP contribution in [0, 0.1) is 6.92 Å². The lowest BCUT2D eigenvalue weighted by atomic mass is 9.66. The van der Waals surface area contributed by atoms with Crippen LogP contribution in [-0.4, -0.2) is 24.5 Å². The SMILES string of the molecule is Cc1cc2c(c(=O)o1)[C@@]1(C(=O)N(C)c3ccccc31)C1=C(CC3(CCCCC3)OC1=O)O2. The van der Waals surface area contributed by atoms with E-state index in [1.807, 2.05) is 12.1 Å². The molecule has 1 fully saturated rings. The Morgan fingerprint density at radius 2 is 1.78 bits per heavy atom. The van der Waals surface area contributed by atoms with Crippen LogP contribution < -0.4 is 15.3 Å². The Morgan fingerprint density at radius 1 is 1.03 bits per heavy atom. The van der Waals surface area contributed by atoms with Gasteiger partial charge in [0.15, 0.2) is 0 Å². The van der Waals surface area contributed by atoms with E-state index in [1.54, 1.807) is 32.2 Å². The van der Waals surface area contributed by atoms with Crippen molar-refractivity contribution in [2.24, 2.45) is 0 Å². The third-order valence-corrected chi connectivity index (χ3v) is 7.36. The summed E-state index contributed by atoms with van der Waals surface area (Å²) >= 11 is 0. The number of carbonyl (C=O) groups excluding carboxylic acids is 2. The van der Waals surface area contributed by atoms with Crippen molar-refractivity contribution in [2.45, 2.75) is 56.5 Å². The van der Waals surface area contributed by atoms with Gasteiger partial charge in [0, 0.05) is 30.8 Å². The number of esters is 1. The summed E-state index contributed by atoms with van der Waals surface area (Å²) in [5, 5.41) is 0. The van der Waals surface area contributed by atoms with Gasteiger partial charge in [-0.15, -0.1) is 0 Å². The molecular weight excluding hydrogens is 410 g/mol. The first-order chi connectivity index (χ1) is 15.4. The molecule has 3 aliphatic heterocycles. The fourth-order valence-electron chi connectivity index (χ4n) is 6.01. The molecule has 164 valence electrons. The maximum atomic E-state index is 14.0. The van der Waals surface area contributed by atoms with Crippen LogP contribution in [0.5, 0.6) is 5.75 Å². The molecule has 0 N–H and O–H groups in total. The van der Waals surface area contributed by atoms with Crippen molar-refractivity contribution in [2.75, 3.05) is 11.9 Å². The van der Waals surface area contributed by atoms with E-state index in [0.717, 1.165) is 32.1 Å². The van der Waals surface area contributed by atoms with Gasteiger partial charge in [0.25, 0.3) is 0 Å². The van der Waals surface area contributed by atoms with Crippen molar-refractivity contribution >= 4 is 17.6 Å². The second kappa shape index (κ2) is 6.34. The van der Waals surface area contributed by atoms with Crippen LogP contribution in [0.2, 0.25) is 0 Å². The number of para-hydroxylation sites is 1. The molecule has 0 unspecified atom stereocenters. The van der Waals surface area contributed by atoms with Gasteiger partial charge in [-0.2, -0.15) is 0 Å². The maximum absolute atomic E-state index is 14.0. The number of benzene rings is 1. The normalized spacial score (nSPS) is 25.4. The van der Waals surface area contributed by atoms with Gasteiger partial charge in [-0.05, 0) is 38.7 Å². The molecule has 1 atom stereocenters. The van der Waals surface area contributed by atoms with Crippen molar-refractivity contribution in [3.8, 4) is 5.75 Å². The van der Waals surface area contributed by atoms with Gasteiger partial charge in [-0.3, -0.25) is 4.79 Å². The predicted octanol–water partition coefficient (Wildman–Crippen LogP) is 3.51. The first kappa shape index (κ1) is 19.3. The summed E-state index contributed by atoms with van der Waals surface area (Å²) in [7, 11) is 1.65. The highest BCUT2D eigenvalue weighted by atomic mass is 16.6. The standard InChI is InChI=1S/C25H23NO6/c1-14-12-17-19(21(27)30-14)25(15-8-4-5-9-16(15)26(2)23(25)29)20-18(31-17)13-24(32-22(20)28)10-6-3-7-11-24/h4-5,8-9,12H,3,6-7,10-11,13H2,1-2H3/t25-/m1/s1. The van der Waals surface area contributed by atoms with E-state index < -0.39 is 22.6 Å². The van der Waals surface area contributed by atoms with E-state index in [2.05, 4.69) is 0 Å². The second-order valence-electron chi connectivity index (χ2n) is 9.23. The van der Waals surface area contributed by atoms with Gasteiger partial charge >= 0.3 is 11.6 Å². The molecule has 1 aromatic carbocycles. The van der Waals surface area contributed by atoms with Crippen LogP contribution in [0.15, 0.2) is 50.9 Å². The molecule has 1 saturated carbocycles. The summed E-state index contributed by atoms with van der Waals surface area (Å²) in [5.74, 6) is 0.113. The van der Waals surface area contributed by atoms with Gasteiger partial charge in [0.05, 0.1) is 0 Å². The molecule has 32 heavy (non-hydrogen) atoms. The van der Waals surface area contributed by atoms with Crippen molar-refractivity contribution in [3.05, 3.63) is 69.0 Å². The summed E-state index contributed by atoms with van der Waals surface area (Å²) in [6, 6.07) is 8.85. The topological polar surface area (TPSA) is 86.0 Å². The fraction of sp³-hybridized carbons (Fsp3) is 0.400. The van der Waals surface area contributed by atoms with Gasteiger partial charge in [0.1, 0.15) is 39.4 Å². The molecule has 7 nitrogen and oxygen atoms in total. The highest BCUT2D eigenvalue weighted by Gasteiger charge is 2.64. The zero-order chi connectivity index (χ0) is 22.3. The number of aryl methyl sites for hydroxylation is 1. The van der Waals surface area contributed by atoms with Gasteiger partial charge in [-0.1, -0.05) is 24.6 Å².